The molecule has 0 N–H and O–H groups in total. The minimum absolute atomic E-state index is 0.0588. The zero-order valence-corrected chi connectivity index (χ0v) is 18.5. The van der Waals surface area contributed by atoms with Gasteiger partial charge in [0, 0.05) is 17.1 Å². The van der Waals surface area contributed by atoms with E-state index in [4.69, 9.17) is 4.74 Å². The Hall–Kier alpha value is -2.12. The summed E-state index contributed by atoms with van der Waals surface area (Å²) in [6.45, 7) is 4.65. The number of thioether (sulfide) groups is 1. The molecule has 0 aliphatic rings. The SMILES string of the molecule is CC(C)c1ccc(OCc2nnc(SCC(=O)c3ccc(Br)cc3)n2C)cc1. The molecule has 146 valence electrons. The zero-order chi connectivity index (χ0) is 20.1. The molecule has 0 aliphatic carbocycles. The van der Waals surface area contributed by atoms with E-state index in [1.54, 1.807) is 0 Å². The van der Waals surface area contributed by atoms with Gasteiger partial charge < -0.3 is 9.30 Å². The van der Waals surface area contributed by atoms with Gasteiger partial charge in [0.25, 0.3) is 0 Å². The maximum absolute atomic E-state index is 12.3. The lowest BCUT2D eigenvalue weighted by Crippen LogP contribution is -2.06. The Morgan fingerprint density at radius 1 is 1.11 bits per heavy atom. The van der Waals surface area contributed by atoms with E-state index < -0.39 is 0 Å². The number of ether oxygens (including phenoxy) is 1. The van der Waals surface area contributed by atoms with E-state index in [0.717, 1.165) is 10.2 Å². The van der Waals surface area contributed by atoms with Gasteiger partial charge in [-0.05, 0) is 35.7 Å². The van der Waals surface area contributed by atoms with Crippen molar-refractivity contribution in [1.82, 2.24) is 14.8 Å². The highest BCUT2D eigenvalue weighted by molar-refractivity contribution is 9.10. The molecule has 0 saturated carbocycles. The minimum Gasteiger partial charge on any atom is -0.486 e. The van der Waals surface area contributed by atoms with E-state index >= 15 is 0 Å². The molecule has 0 unspecified atom stereocenters. The summed E-state index contributed by atoms with van der Waals surface area (Å²) in [4.78, 5) is 12.3. The van der Waals surface area contributed by atoms with E-state index in [2.05, 4.69) is 52.1 Å². The van der Waals surface area contributed by atoms with Crippen molar-refractivity contribution in [2.24, 2.45) is 7.05 Å². The first-order chi connectivity index (χ1) is 13.4. The predicted octanol–water partition coefficient (Wildman–Crippen LogP) is 5.26. The van der Waals surface area contributed by atoms with Crippen molar-refractivity contribution in [3.8, 4) is 5.75 Å². The first kappa shape index (κ1) is 20.6. The molecule has 0 bridgehead atoms. The van der Waals surface area contributed by atoms with Gasteiger partial charge in [-0.25, -0.2) is 0 Å². The van der Waals surface area contributed by atoms with Crippen molar-refractivity contribution in [3.63, 3.8) is 0 Å². The Balaban J connectivity index is 1.56. The summed E-state index contributed by atoms with van der Waals surface area (Å²) < 4.78 is 8.64. The van der Waals surface area contributed by atoms with E-state index in [0.29, 0.717) is 34.8 Å². The van der Waals surface area contributed by atoms with Gasteiger partial charge in [0.05, 0.1) is 5.75 Å². The van der Waals surface area contributed by atoms with Crippen LogP contribution in [0.25, 0.3) is 0 Å². The van der Waals surface area contributed by atoms with Crippen LogP contribution in [0.4, 0.5) is 0 Å². The van der Waals surface area contributed by atoms with Crippen LogP contribution < -0.4 is 4.74 Å². The quantitative estimate of drug-likeness (QED) is 0.339. The summed E-state index contributed by atoms with van der Waals surface area (Å²) >= 11 is 4.75. The maximum atomic E-state index is 12.3. The lowest BCUT2D eigenvalue weighted by atomic mass is 10.0. The summed E-state index contributed by atoms with van der Waals surface area (Å²) in [5.41, 5.74) is 1.96. The van der Waals surface area contributed by atoms with Crippen LogP contribution in [0.1, 0.15) is 41.5 Å². The number of carbonyl (C=O) groups excluding carboxylic acids is 1. The number of Topliss-reactive ketones (excluding diaryl/α,β-unsaturated/α-hetero) is 1. The number of halogens is 1. The highest BCUT2D eigenvalue weighted by Crippen LogP contribution is 2.21. The average molecular weight is 460 g/mol. The number of benzene rings is 2. The highest BCUT2D eigenvalue weighted by atomic mass is 79.9. The molecule has 1 aromatic heterocycles. The molecule has 28 heavy (non-hydrogen) atoms. The standard InChI is InChI=1S/C21H22BrN3O2S/c1-14(2)15-6-10-18(11-7-15)27-12-20-23-24-21(25(20)3)28-13-19(26)16-4-8-17(22)9-5-16/h4-11,14H,12-13H2,1-3H3. The highest BCUT2D eigenvalue weighted by Gasteiger charge is 2.13. The number of rotatable bonds is 8. The molecule has 0 amide bonds. The Bertz CT molecular complexity index is 937. The van der Waals surface area contributed by atoms with E-state index in [1.165, 1.54) is 17.3 Å². The zero-order valence-electron chi connectivity index (χ0n) is 16.1. The molecule has 3 aromatic rings. The van der Waals surface area contributed by atoms with Crippen LogP contribution in [0, 0.1) is 0 Å². The summed E-state index contributed by atoms with van der Waals surface area (Å²) in [6, 6.07) is 15.4. The Morgan fingerprint density at radius 3 is 2.43 bits per heavy atom. The molecule has 0 aliphatic heterocycles. The van der Waals surface area contributed by atoms with Crippen LogP contribution in [-0.2, 0) is 13.7 Å². The molecule has 3 rings (SSSR count). The Morgan fingerprint density at radius 2 is 1.79 bits per heavy atom. The number of hydrogen-bond donors (Lipinski definition) is 0. The van der Waals surface area contributed by atoms with Crippen LogP contribution >= 0.6 is 27.7 Å². The van der Waals surface area contributed by atoms with Crippen molar-refractivity contribution >= 4 is 33.5 Å². The Kier molecular flexibility index (Phi) is 6.91. The van der Waals surface area contributed by atoms with Gasteiger partial charge in [-0.15, -0.1) is 10.2 Å². The number of nitrogens with zero attached hydrogens (tertiary/aromatic N) is 3. The summed E-state index contributed by atoms with van der Waals surface area (Å²) in [7, 11) is 1.88. The molecule has 5 nitrogen and oxygen atoms in total. The number of aromatic nitrogens is 3. The van der Waals surface area contributed by atoms with Gasteiger partial charge in [0.15, 0.2) is 16.8 Å². The first-order valence-corrected chi connectivity index (χ1v) is 10.7. The molecule has 0 saturated heterocycles. The molecule has 0 fully saturated rings. The second-order valence-electron chi connectivity index (χ2n) is 6.69. The largest absolute Gasteiger partial charge is 0.486 e. The molecule has 0 radical (unpaired) electrons. The molecule has 0 spiro atoms. The normalized spacial score (nSPS) is 11.0. The molecule has 0 atom stereocenters. The lowest BCUT2D eigenvalue weighted by Gasteiger charge is -2.09. The molecular weight excluding hydrogens is 438 g/mol. The monoisotopic (exact) mass is 459 g/mol. The molecule has 7 heteroatoms. The van der Waals surface area contributed by atoms with E-state index in [-0.39, 0.29) is 5.78 Å². The van der Waals surface area contributed by atoms with Gasteiger partial charge >= 0.3 is 0 Å². The van der Waals surface area contributed by atoms with Crippen molar-refractivity contribution in [2.75, 3.05) is 5.75 Å². The van der Waals surface area contributed by atoms with Crippen LogP contribution in [0.5, 0.6) is 5.75 Å². The van der Waals surface area contributed by atoms with Crippen molar-refractivity contribution in [2.45, 2.75) is 31.5 Å². The first-order valence-electron chi connectivity index (χ1n) is 8.96. The summed E-state index contributed by atoms with van der Waals surface area (Å²) in [5.74, 6) is 2.38. The molecule has 1 heterocycles. The fourth-order valence-corrected chi connectivity index (χ4v) is 3.63. The third-order valence-electron chi connectivity index (χ3n) is 4.34. The van der Waals surface area contributed by atoms with Crippen LogP contribution in [0.3, 0.4) is 0 Å². The number of ketones is 1. The fraction of sp³-hybridized carbons (Fsp3) is 0.286. The van der Waals surface area contributed by atoms with Gasteiger partial charge in [-0.3, -0.25) is 4.79 Å². The summed E-state index contributed by atoms with van der Waals surface area (Å²) in [6.07, 6.45) is 0. The lowest BCUT2D eigenvalue weighted by molar-refractivity contribution is 0.102. The number of carbonyl (C=O) groups is 1. The predicted molar refractivity (Wildman–Crippen MR) is 115 cm³/mol. The van der Waals surface area contributed by atoms with Gasteiger partial charge in [-0.1, -0.05) is 65.8 Å². The van der Waals surface area contributed by atoms with Gasteiger partial charge in [0.2, 0.25) is 0 Å². The van der Waals surface area contributed by atoms with Crippen molar-refractivity contribution in [1.29, 1.82) is 0 Å². The van der Waals surface area contributed by atoms with E-state index in [9.17, 15) is 4.79 Å². The fourth-order valence-electron chi connectivity index (χ4n) is 2.54. The molecular formula is C21H22BrN3O2S. The minimum atomic E-state index is 0.0588. The topological polar surface area (TPSA) is 57.0 Å². The van der Waals surface area contributed by atoms with E-state index in [1.807, 2.05) is 48.0 Å². The Labute approximate surface area is 177 Å². The van der Waals surface area contributed by atoms with Crippen molar-refractivity contribution < 1.29 is 9.53 Å². The summed E-state index contributed by atoms with van der Waals surface area (Å²) in [5, 5.41) is 9.06. The maximum Gasteiger partial charge on any atom is 0.191 e. The number of hydrogen-bond acceptors (Lipinski definition) is 5. The van der Waals surface area contributed by atoms with Crippen molar-refractivity contribution in [3.05, 3.63) is 70.0 Å². The van der Waals surface area contributed by atoms with Crippen LogP contribution in [0.2, 0.25) is 0 Å². The molecule has 2 aromatic carbocycles. The van der Waals surface area contributed by atoms with Gasteiger partial charge in [-0.2, -0.15) is 0 Å². The third kappa shape index (κ3) is 5.23. The smallest absolute Gasteiger partial charge is 0.191 e. The van der Waals surface area contributed by atoms with Gasteiger partial charge in [0.1, 0.15) is 12.4 Å². The average Bonchev–Trinajstić information content (AvgIpc) is 3.05. The second kappa shape index (κ2) is 9.39. The second-order valence-corrected chi connectivity index (χ2v) is 8.55. The third-order valence-corrected chi connectivity index (χ3v) is 5.89. The van der Waals surface area contributed by atoms with Crippen LogP contribution in [0.15, 0.2) is 58.2 Å². The van der Waals surface area contributed by atoms with Crippen LogP contribution in [-0.4, -0.2) is 26.3 Å².